The summed E-state index contributed by atoms with van der Waals surface area (Å²) in [6.45, 7) is 2.57. The first kappa shape index (κ1) is 31.0. The lowest BCUT2D eigenvalue weighted by Gasteiger charge is -2.40. The number of nitrogens with two attached hydrogens (primary N) is 1. The van der Waals surface area contributed by atoms with Crippen LogP contribution in [0.1, 0.15) is 53.6 Å². The number of carbonyl (C=O) groups is 3. The lowest BCUT2D eigenvalue weighted by molar-refractivity contribution is -0.217. The van der Waals surface area contributed by atoms with Crippen LogP contribution in [0.25, 0.3) is 43.6 Å². The second-order valence-corrected chi connectivity index (χ2v) is 12.3. The van der Waals surface area contributed by atoms with Crippen molar-refractivity contribution in [1.82, 2.24) is 14.9 Å². The number of carbonyl (C=O) groups excluding carboxylic acids is 3. The van der Waals surface area contributed by atoms with E-state index in [1.54, 1.807) is 0 Å². The Morgan fingerprint density at radius 3 is 2.30 bits per heavy atom. The molecule has 1 saturated heterocycles. The second-order valence-electron chi connectivity index (χ2n) is 12.3. The number of alkyl halides is 1. The highest BCUT2D eigenvalue weighted by atomic mass is 19.2. The molecule has 3 aromatic carbocycles. The second kappa shape index (κ2) is 11.0. The number of hydrogen-bond donors (Lipinski definition) is 4. The molecule has 2 amide bonds. The van der Waals surface area contributed by atoms with E-state index in [0.29, 0.717) is 0 Å². The van der Waals surface area contributed by atoms with Gasteiger partial charge in [0.05, 0.1) is 39.9 Å². The van der Waals surface area contributed by atoms with E-state index in [4.69, 9.17) is 15.2 Å². The van der Waals surface area contributed by atoms with Crippen LogP contribution in [0.5, 0.6) is 0 Å². The first-order valence-corrected chi connectivity index (χ1v) is 14.8. The van der Waals surface area contributed by atoms with E-state index in [2.05, 4.69) is 10.3 Å². The van der Waals surface area contributed by atoms with Gasteiger partial charge in [0.25, 0.3) is 11.8 Å². The Morgan fingerprint density at radius 1 is 1.02 bits per heavy atom. The molecule has 5 atom stereocenters. The number of nitrogens with zero attached hydrogens (tertiary/aromatic N) is 1. The SMILES string of the molecule is CC(C)C[C@H](N)C(=O)OC1C(O)CC(CF)OC1n1c2cc(F)c(F)cc2c2c3c(c4c5cc(F)c(F)cc5[nH]c4c21)C(=O)NC3=O. The van der Waals surface area contributed by atoms with Crippen LogP contribution in [0, 0.1) is 29.2 Å². The zero-order valence-electron chi connectivity index (χ0n) is 24.8. The highest BCUT2D eigenvalue weighted by Gasteiger charge is 2.45. The van der Waals surface area contributed by atoms with Gasteiger partial charge >= 0.3 is 5.97 Å². The zero-order valence-corrected chi connectivity index (χ0v) is 24.8. The number of rotatable bonds is 6. The van der Waals surface area contributed by atoms with E-state index in [-0.39, 0.29) is 73.5 Å². The normalized spacial score (nSPS) is 22.2. The van der Waals surface area contributed by atoms with Crippen molar-refractivity contribution in [2.24, 2.45) is 11.7 Å². The van der Waals surface area contributed by atoms with Crippen molar-refractivity contribution >= 4 is 61.4 Å². The average molecular weight is 659 g/mol. The third kappa shape index (κ3) is 4.66. The van der Waals surface area contributed by atoms with E-state index in [9.17, 15) is 41.4 Å². The van der Waals surface area contributed by atoms with Gasteiger partial charge in [0, 0.05) is 45.6 Å². The van der Waals surface area contributed by atoms with Crippen LogP contribution in [0.15, 0.2) is 24.3 Å². The number of aliphatic hydroxyl groups excluding tert-OH is 1. The third-order valence-corrected chi connectivity index (χ3v) is 8.76. The number of imide groups is 1. The number of nitrogens with one attached hydrogen (secondary N) is 2. The molecule has 0 radical (unpaired) electrons. The molecule has 0 aliphatic carbocycles. The van der Waals surface area contributed by atoms with Crippen molar-refractivity contribution in [1.29, 1.82) is 0 Å². The molecule has 0 spiro atoms. The fourth-order valence-electron chi connectivity index (χ4n) is 6.82. The minimum atomic E-state index is -1.64. The monoisotopic (exact) mass is 658 g/mol. The summed E-state index contributed by atoms with van der Waals surface area (Å²) >= 11 is 0. The topological polar surface area (TPSA) is 149 Å². The maximum atomic E-state index is 15.0. The van der Waals surface area contributed by atoms with Crippen LogP contribution in [-0.4, -0.2) is 63.5 Å². The Kier molecular flexibility index (Phi) is 7.26. The number of benzene rings is 3. The largest absolute Gasteiger partial charge is 0.454 e. The fraction of sp³-hybridized carbons (Fsp3) is 0.344. The van der Waals surface area contributed by atoms with Crippen LogP contribution < -0.4 is 11.1 Å². The first-order chi connectivity index (χ1) is 22.3. The van der Waals surface area contributed by atoms with Crippen LogP contribution in [0.2, 0.25) is 0 Å². The molecule has 7 rings (SSSR count). The number of amides is 2. The standard InChI is InChI=1S/C32H27F5N4O6/c1-10(2)3-18(38)32(45)47-28-21(42)4-11(9-33)46-31(28)41-20-8-17(37)15(35)6-13(20)23-25-24(29(43)40-30(25)44)22-12-5-14(34)16(36)7-19(12)39-26(22)27(23)41/h5-8,10-11,18,21,28,31,39,42H,3-4,9,38H2,1-2H3,(H,40,43,44)/t11?,18-,21?,28?,31?/m0/s1. The van der Waals surface area contributed by atoms with Gasteiger partial charge in [0.2, 0.25) is 0 Å². The summed E-state index contributed by atoms with van der Waals surface area (Å²) in [6, 6.07) is 2.12. The maximum absolute atomic E-state index is 15.0. The molecule has 0 saturated carbocycles. The summed E-state index contributed by atoms with van der Waals surface area (Å²) < 4.78 is 86.0. The maximum Gasteiger partial charge on any atom is 0.323 e. The van der Waals surface area contributed by atoms with Crippen molar-refractivity contribution in [2.75, 3.05) is 6.67 Å². The predicted octanol–water partition coefficient (Wildman–Crippen LogP) is 4.77. The number of aromatic nitrogens is 2. The quantitative estimate of drug-likeness (QED) is 0.117. The fourth-order valence-corrected chi connectivity index (χ4v) is 6.82. The molecule has 1 fully saturated rings. The van der Waals surface area contributed by atoms with Gasteiger partial charge in [0.1, 0.15) is 12.7 Å². The van der Waals surface area contributed by atoms with Gasteiger partial charge in [-0.3, -0.25) is 19.7 Å². The number of H-pyrrole nitrogens is 1. The van der Waals surface area contributed by atoms with Gasteiger partial charge in [-0.1, -0.05) is 13.8 Å². The van der Waals surface area contributed by atoms with E-state index < -0.39 is 78.3 Å². The Morgan fingerprint density at radius 2 is 1.64 bits per heavy atom. The Hall–Kier alpha value is -4.60. The molecule has 15 heteroatoms. The number of esters is 1. The first-order valence-electron chi connectivity index (χ1n) is 14.8. The smallest absolute Gasteiger partial charge is 0.323 e. The van der Waals surface area contributed by atoms with Crippen LogP contribution >= 0.6 is 0 Å². The Bertz CT molecular complexity index is 2180. The molecule has 5 aromatic rings. The molecule has 0 bridgehead atoms. The van der Waals surface area contributed by atoms with Crippen LogP contribution in [0.3, 0.4) is 0 Å². The van der Waals surface area contributed by atoms with Crippen LogP contribution in [-0.2, 0) is 14.3 Å². The van der Waals surface area contributed by atoms with E-state index >= 15 is 0 Å². The van der Waals surface area contributed by atoms with Crippen molar-refractivity contribution in [3.8, 4) is 0 Å². The minimum absolute atomic E-state index is 0.00350. The molecule has 5 N–H and O–H groups in total. The highest BCUT2D eigenvalue weighted by Crippen LogP contribution is 2.47. The molecule has 10 nitrogen and oxygen atoms in total. The van der Waals surface area contributed by atoms with Gasteiger partial charge in [-0.2, -0.15) is 0 Å². The zero-order chi connectivity index (χ0) is 33.6. The number of halogens is 5. The number of aliphatic hydroxyl groups is 1. The Labute approximate surface area is 261 Å². The lowest BCUT2D eigenvalue weighted by Crippen LogP contribution is -2.50. The van der Waals surface area contributed by atoms with Gasteiger partial charge < -0.3 is 29.9 Å². The highest BCUT2D eigenvalue weighted by molar-refractivity contribution is 6.39. The molecule has 2 aliphatic heterocycles. The molecule has 246 valence electrons. The van der Waals surface area contributed by atoms with Crippen molar-refractivity contribution in [3.63, 3.8) is 0 Å². The summed E-state index contributed by atoms with van der Waals surface area (Å²) in [4.78, 5) is 42.6. The van der Waals surface area contributed by atoms with E-state index in [1.165, 1.54) is 4.57 Å². The van der Waals surface area contributed by atoms with Crippen LogP contribution in [0.4, 0.5) is 22.0 Å². The lowest BCUT2D eigenvalue weighted by atomic mass is 9.96. The van der Waals surface area contributed by atoms with E-state index in [1.807, 2.05) is 13.8 Å². The number of aromatic amines is 1. The van der Waals surface area contributed by atoms with Gasteiger partial charge in [-0.05, 0) is 24.5 Å². The summed E-state index contributed by atoms with van der Waals surface area (Å²) in [5, 5.41) is 13.2. The average Bonchev–Trinajstić information content (AvgIpc) is 3.62. The van der Waals surface area contributed by atoms with Gasteiger partial charge in [-0.25, -0.2) is 22.0 Å². The minimum Gasteiger partial charge on any atom is -0.454 e. The van der Waals surface area contributed by atoms with Gasteiger partial charge in [-0.15, -0.1) is 0 Å². The molecule has 2 aliphatic rings. The predicted molar refractivity (Wildman–Crippen MR) is 158 cm³/mol. The summed E-state index contributed by atoms with van der Waals surface area (Å²) in [6.07, 6.45) is -6.11. The number of ether oxygens (including phenoxy) is 2. The molecule has 2 aromatic heterocycles. The van der Waals surface area contributed by atoms with Crippen molar-refractivity contribution < 1.29 is 50.9 Å². The molecule has 4 unspecified atom stereocenters. The molecular formula is C32H27F5N4O6. The van der Waals surface area contributed by atoms with Gasteiger partial charge in [0.15, 0.2) is 35.6 Å². The summed E-state index contributed by atoms with van der Waals surface area (Å²) in [5.74, 6) is -7.84. The van der Waals surface area contributed by atoms with Crippen molar-refractivity contribution in [3.05, 3.63) is 58.7 Å². The summed E-state index contributed by atoms with van der Waals surface area (Å²) in [7, 11) is 0. The molecule has 47 heavy (non-hydrogen) atoms. The van der Waals surface area contributed by atoms with E-state index in [0.717, 1.165) is 24.3 Å². The molecular weight excluding hydrogens is 631 g/mol. The van der Waals surface area contributed by atoms with Crippen molar-refractivity contribution in [2.45, 2.75) is 57.3 Å². The summed E-state index contributed by atoms with van der Waals surface area (Å²) in [5.41, 5.74) is 5.32. The Balaban J connectivity index is 1.61. The molecule has 4 heterocycles. The number of fused-ring (bicyclic) bond motifs is 10. The third-order valence-electron chi connectivity index (χ3n) is 8.76. The number of hydrogen-bond acceptors (Lipinski definition) is 7.